The van der Waals surface area contributed by atoms with Crippen LogP contribution in [0.2, 0.25) is 0 Å². The van der Waals surface area contributed by atoms with Crippen LogP contribution in [-0.2, 0) is 0 Å². The van der Waals surface area contributed by atoms with Gasteiger partial charge in [-0.3, -0.25) is 0 Å². The van der Waals surface area contributed by atoms with Crippen molar-refractivity contribution in [1.82, 2.24) is 0 Å². The summed E-state index contributed by atoms with van der Waals surface area (Å²) in [5.74, 6) is 1.37. The highest BCUT2D eigenvalue weighted by Gasteiger charge is 2.22. The van der Waals surface area contributed by atoms with E-state index >= 15 is 0 Å². The lowest BCUT2D eigenvalue weighted by molar-refractivity contribution is 0.301. The van der Waals surface area contributed by atoms with Crippen LogP contribution in [0, 0.1) is 18.7 Å². The number of unbranched alkanes of at least 4 members (excludes halogenated alkanes) is 5. The maximum absolute atomic E-state index is 14.8. The molecule has 1 fully saturated rings. The van der Waals surface area contributed by atoms with Crippen LogP contribution in [0.4, 0.5) is 4.39 Å². The molecule has 3 rings (SSSR count). The van der Waals surface area contributed by atoms with Gasteiger partial charge in [-0.05, 0) is 61.6 Å². The second-order valence-corrected chi connectivity index (χ2v) is 8.88. The maximum Gasteiger partial charge on any atom is 0.131 e. The van der Waals surface area contributed by atoms with E-state index in [-0.39, 0.29) is 5.82 Å². The van der Waals surface area contributed by atoms with Crippen LogP contribution in [0.1, 0.15) is 94.6 Å². The van der Waals surface area contributed by atoms with Gasteiger partial charge in [0.05, 0.1) is 0 Å². The fourth-order valence-corrected chi connectivity index (χ4v) is 4.75. The van der Waals surface area contributed by atoms with Gasteiger partial charge >= 0.3 is 0 Å². The molecule has 0 N–H and O–H groups in total. The van der Waals surface area contributed by atoms with Crippen molar-refractivity contribution in [2.45, 2.75) is 90.4 Å². The Balaban J connectivity index is 1.48. The first-order chi connectivity index (χ1) is 13.7. The Morgan fingerprint density at radius 3 is 2.18 bits per heavy atom. The molecule has 0 saturated heterocycles. The Bertz CT molecular complexity index is 708. The van der Waals surface area contributed by atoms with Gasteiger partial charge in [-0.15, -0.1) is 0 Å². The van der Waals surface area contributed by atoms with E-state index < -0.39 is 0 Å². The van der Waals surface area contributed by atoms with Gasteiger partial charge in [-0.2, -0.15) is 0 Å². The molecule has 0 spiro atoms. The lowest BCUT2D eigenvalue weighted by Gasteiger charge is -2.29. The lowest BCUT2D eigenvalue weighted by atomic mass is 9.77. The molecular formula is C27H37F. The summed E-state index contributed by atoms with van der Waals surface area (Å²) in [5, 5.41) is 0. The number of hydrogen-bond donors (Lipinski definition) is 0. The first-order valence-electron chi connectivity index (χ1n) is 11.5. The molecule has 152 valence electrons. The predicted molar refractivity (Wildman–Crippen MR) is 119 cm³/mol. The van der Waals surface area contributed by atoms with Crippen LogP contribution < -0.4 is 0 Å². The second kappa shape index (κ2) is 10.8. The van der Waals surface area contributed by atoms with Crippen LogP contribution in [0.15, 0.2) is 42.5 Å². The lowest BCUT2D eigenvalue weighted by Crippen LogP contribution is -2.13. The van der Waals surface area contributed by atoms with Crippen molar-refractivity contribution in [2.75, 3.05) is 0 Å². The monoisotopic (exact) mass is 380 g/mol. The zero-order valence-corrected chi connectivity index (χ0v) is 17.9. The third-order valence-corrected chi connectivity index (χ3v) is 6.64. The predicted octanol–water partition coefficient (Wildman–Crippen LogP) is 8.83. The molecule has 0 amide bonds. The van der Waals surface area contributed by atoms with E-state index in [2.05, 4.69) is 19.9 Å². The van der Waals surface area contributed by atoms with Gasteiger partial charge in [0.2, 0.25) is 0 Å². The quantitative estimate of drug-likeness (QED) is 0.381. The smallest absolute Gasteiger partial charge is 0.131 e. The highest BCUT2D eigenvalue weighted by Crippen LogP contribution is 2.39. The molecule has 28 heavy (non-hydrogen) atoms. The van der Waals surface area contributed by atoms with Gasteiger partial charge in [-0.1, -0.05) is 93.8 Å². The number of benzene rings is 2. The molecule has 0 unspecified atom stereocenters. The van der Waals surface area contributed by atoms with Gasteiger partial charge in [0, 0.05) is 5.56 Å². The Hall–Kier alpha value is -1.63. The molecule has 2 aromatic rings. The molecule has 0 aromatic heterocycles. The van der Waals surface area contributed by atoms with Crippen LogP contribution in [0.3, 0.4) is 0 Å². The van der Waals surface area contributed by atoms with Gasteiger partial charge in [0.25, 0.3) is 0 Å². The van der Waals surface area contributed by atoms with Crippen LogP contribution >= 0.6 is 0 Å². The molecule has 1 heteroatoms. The molecule has 0 radical (unpaired) electrons. The molecular weight excluding hydrogens is 343 g/mol. The standard InChI is InChI=1S/C27H37F/c1-3-4-5-6-7-8-9-22-12-16-23(17-13-22)25-18-19-26(27(28)20-25)24-14-10-21(2)11-15-24/h10-11,14-15,18-20,22-23H,3-9,12-13,16-17H2,1-2H3. The Labute approximate surface area is 171 Å². The maximum atomic E-state index is 14.8. The Kier molecular flexibility index (Phi) is 8.13. The first-order valence-corrected chi connectivity index (χ1v) is 11.5. The normalized spacial score (nSPS) is 19.7. The van der Waals surface area contributed by atoms with Crippen molar-refractivity contribution in [2.24, 2.45) is 5.92 Å². The van der Waals surface area contributed by atoms with E-state index in [0.717, 1.165) is 17.0 Å². The second-order valence-electron chi connectivity index (χ2n) is 8.88. The number of rotatable bonds is 9. The van der Waals surface area contributed by atoms with Gasteiger partial charge < -0.3 is 0 Å². The highest BCUT2D eigenvalue weighted by atomic mass is 19.1. The summed E-state index contributed by atoms with van der Waals surface area (Å²) < 4.78 is 14.8. The van der Waals surface area contributed by atoms with Gasteiger partial charge in [0.1, 0.15) is 5.82 Å². The van der Waals surface area contributed by atoms with Crippen molar-refractivity contribution in [3.05, 3.63) is 59.4 Å². The summed E-state index contributed by atoms with van der Waals surface area (Å²) in [6.45, 7) is 4.34. The van der Waals surface area contributed by atoms with Crippen molar-refractivity contribution >= 4 is 0 Å². The molecule has 0 bridgehead atoms. The SMILES string of the molecule is CCCCCCCCC1CCC(c2ccc(-c3ccc(C)cc3)c(F)c2)CC1. The molecule has 0 aliphatic heterocycles. The summed E-state index contributed by atoms with van der Waals surface area (Å²) in [6, 6.07) is 14.1. The van der Waals surface area contributed by atoms with Crippen LogP contribution in [0.25, 0.3) is 11.1 Å². The zero-order chi connectivity index (χ0) is 19.8. The summed E-state index contributed by atoms with van der Waals surface area (Å²) in [6.07, 6.45) is 14.9. The molecule has 1 aliphatic rings. The minimum absolute atomic E-state index is 0.0736. The third kappa shape index (κ3) is 5.93. The van der Waals surface area contributed by atoms with E-state index in [9.17, 15) is 4.39 Å². The molecule has 0 atom stereocenters. The van der Waals surface area contributed by atoms with Crippen molar-refractivity contribution in [3.8, 4) is 11.1 Å². The molecule has 0 heterocycles. The minimum atomic E-state index is -0.0736. The van der Waals surface area contributed by atoms with Crippen LogP contribution in [-0.4, -0.2) is 0 Å². The average Bonchev–Trinajstić information content (AvgIpc) is 2.72. The highest BCUT2D eigenvalue weighted by molar-refractivity contribution is 5.64. The van der Waals surface area contributed by atoms with Gasteiger partial charge in [0.15, 0.2) is 0 Å². The summed E-state index contributed by atoms with van der Waals surface area (Å²) in [7, 11) is 0. The molecule has 1 aliphatic carbocycles. The minimum Gasteiger partial charge on any atom is -0.206 e. The van der Waals surface area contributed by atoms with E-state index in [1.54, 1.807) is 6.07 Å². The van der Waals surface area contributed by atoms with Gasteiger partial charge in [-0.25, -0.2) is 4.39 Å². The summed E-state index contributed by atoms with van der Waals surface area (Å²) in [4.78, 5) is 0. The fraction of sp³-hybridized carbons (Fsp3) is 0.556. The summed E-state index contributed by atoms with van der Waals surface area (Å²) in [5.41, 5.74) is 4.10. The molecule has 2 aromatic carbocycles. The van der Waals surface area contributed by atoms with Crippen molar-refractivity contribution in [1.29, 1.82) is 0 Å². The van der Waals surface area contributed by atoms with Crippen molar-refractivity contribution < 1.29 is 4.39 Å². The number of halogens is 1. The average molecular weight is 381 g/mol. The summed E-state index contributed by atoms with van der Waals surface area (Å²) >= 11 is 0. The Morgan fingerprint density at radius 1 is 0.821 bits per heavy atom. The number of hydrogen-bond acceptors (Lipinski definition) is 0. The van der Waals surface area contributed by atoms with Crippen molar-refractivity contribution in [3.63, 3.8) is 0 Å². The fourth-order valence-electron chi connectivity index (χ4n) is 4.75. The third-order valence-electron chi connectivity index (χ3n) is 6.64. The first kappa shape index (κ1) is 21.1. The molecule has 1 saturated carbocycles. The van der Waals surface area contributed by atoms with Crippen LogP contribution in [0.5, 0.6) is 0 Å². The number of aryl methyl sites for hydroxylation is 1. The Morgan fingerprint density at radius 2 is 1.50 bits per heavy atom. The topological polar surface area (TPSA) is 0 Å². The van der Waals surface area contributed by atoms with E-state index in [1.165, 1.54) is 81.8 Å². The zero-order valence-electron chi connectivity index (χ0n) is 17.9. The van der Waals surface area contributed by atoms with E-state index in [1.807, 2.05) is 30.3 Å². The van der Waals surface area contributed by atoms with E-state index in [0.29, 0.717) is 5.92 Å². The van der Waals surface area contributed by atoms with E-state index in [4.69, 9.17) is 0 Å². The largest absolute Gasteiger partial charge is 0.206 e. The molecule has 0 nitrogen and oxygen atoms in total.